The fourth-order valence-electron chi connectivity index (χ4n) is 2.32. The Morgan fingerprint density at radius 1 is 1.33 bits per heavy atom. The minimum absolute atomic E-state index is 0.339. The van der Waals surface area contributed by atoms with E-state index < -0.39 is 10.0 Å². The first-order chi connectivity index (χ1) is 8.39. The Balaban J connectivity index is 2.55. The predicted octanol–water partition coefficient (Wildman–Crippen LogP) is 0.340. The lowest BCUT2D eigenvalue weighted by Crippen LogP contribution is -2.48. The maximum atomic E-state index is 12.3. The highest BCUT2D eigenvalue weighted by atomic mass is 32.2. The van der Waals surface area contributed by atoms with Crippen LogP contribution in [-0.4, -0.2) is 69.2 Å². The van der Waals surface area contributed by atoms with Crippen LogP contribution >= 0.6 is 0 Å². The molecule has 0 amide bonds. The molecule has 0 aliphatic carbocycles. The molecular weight excluding hydrogens is 250 g/mol. The fourth-order valence-corrected chi connectivity index (χ4v) is 3.88. The van der Waals surface area contributed by atoms with Crippen molar-refractivity contribution in [1.82, 2.24) is 14.5 Å². The number of rotatable bonds is 6. The van der Waals surface area contributed by atoms with Gasteiger partial charge in [0.05, 0.1) is 5.25 Å². The van der Waals surface area contributed by atoms with Crippen LogP contribution in [0.5, 0.6) is 0 Å². The van der Waals surface area contributed by atoms with Crippen molar-refractivity contribution in [3.05, 3.63) is 0 Å². The van der Waals surface area contributed by atoms with Crippen LogP contribution in [0.3, 0.4) is 0 Å². The molecule has 1 fully saturated rings. The molecule has 108 valence electrons. The van der Waals surface area contributed by atoms with Gasteiger partial charge in [0, 0.05) is 25.7 Å². The number of sulfonamides is 1. The van der Waals surface area contributed by atoms with E-state index in [9.17, 15) is 8.42 Å². The number of hydrogen-bond donors (Lipinski definition) is 1. The van der Waals surface area contributed by atoms with Crippen molar-refractivity contribution in [2.75, 3.05) is 40.3 Å². The van der Waals surface area contributed by atoms with E-state index in [4.69, 9.17) is 0 Å². The zero-order valence-corrected chi connectivity index (χ0v) is 12.8. The minimum Gasteiger partial charge on any atom is -0.316 e. The third-order valence-electron chi connectivity index (χ3n) is 3.70. The Labute approximate surface area is 112 Å². The van der Waals surface area contributed by atoms with Gasteiger partial charge >= 0.3 is 0 Å². The smallest absolute Gasteiger partial charge is 0.217 e. The Morgan fingerprint density at radius 3 is 2.33 bits per heavy atom. The van der Waals surface area contributed by atoms with E-state index in [0.29, 0.717) is 25.7 Å². The van der Waals surface area contributed by atoms with Gasteiger partial charge in [0.15, 0.2) is 0 Å². The molecular formula is C12H27N3O2S. The Bertz CT molecular complexity index is 335. The summed E-state index contributed by atoms with van der Waals surface area (Å²) in [5, 5.41) is 2.77. The van der Waals surface area contributed by atoms with Gasteiger partial charge in [0.25, 0.3) is 0 Å². The standard InChI is InChI=1S/C12H27N3O2S/c1-5-13-10-11(2)18(16,17)15-8-6-12(7-9-15)14(3)4/h11-13H,5-10H2,1-4H3. The second-order valence-electron chi connectivity index (χ2n) is 5.26. The second kappa shape index (κ2) is 6.84. The minimum atomic E-state index is -3.13. The second-order valence-corrected chi connectivity index (χ2v) is 7.61. The van der Waals surface area contributed by atoms with Crippen molar-refractivity contribution in [3.63, 3.8) is 0 Å². The van der Waals surface area contributed by atoms with E-state index in [0.717, 1.165) is 19.4 Å². The Morgan fingerprint density at radius 2 is 1.89 bits per heavy atom. The maximum Gasteiger partial charge on any atom is 0.217 e. The first-order valence-electron chi connectivity index (χ1n) is 6.75. The first kappa shape index (κ1) is 15.9. The van der Waals surface area contributed by atoms with Crippen LogP contribution in [0.1, 0.15) is 26.7 Å². The number of nitrogens with one attached hydrogen (secondary N) is 1. The molecule has 1 unspecified atom stereocenters. The van der Waals surface area contributed by atoms with Crippen LogP contribution < -0.4 is 5.32 Å². The molecule has 18 heavy (non-hydrogen) atoms. The van der Waals surface area contributed by atoms with Gasteiger partial charge in [0.1, 0.15) is 0 Å². The molecule has 6 heteroatoms. The largest absolute Gasteiger partial charge is 0.316 e. The van der Waals surface area contributed by atoms with Crippen LogP contribution in [0.15, 0.2) is 0 Å². The average Bonchev–Trinajstić information content (AvgIpc) is 2.35. The predicted molar refractivity (Wildman–Crippen MR) is 75.2 cm³/mol. The van der Waals surface area contributed by atoms with Crippen molar-refractivity contribution in [2.24, 2.45) is 0 Å². The van der Waals surface area contributed by atoms with E-state index in [1.165, 1.54) is 0 Å². The summed E-state index contributed by atoms with van der Waals surface area (Å²) < 4.78 is 26.3. The molecule has 1 rings (SSSR count). The lowest BCUT2D eigenvalue weighted by molar-refractivity contribution is 0.196. The Kier molecular flexibility index (Phi) is 6.04. The van der Waals surface area contributed by atoms with Crippen molar-refractivity contribution in [1.29, 1.82) is 0 Å². The van der Waals surface area contributed by atoms with Gasteiger partial charge in [-0.2, -0.15) is 0 Å². The molecule has 0 aromatic rings. The molecule has 1 aliphatic rings. The maximum absolute atomic E-state index is 12.3. The van der Waals surface area contributed by atoms with Gasteiger partial charge in [0.2, 0.25) is 10.0 Å². The highest BCUT2D eigenvalue weighted by molar-refractivity contribution is 7.89. The molecule has 1 heterocycles. The lowest BCUT2D eigenvalue weighted by atomic mass is 10.1. The highest BCUT2D eigenvalue weighted by Crippen LogP contribution is 2.19. The summed E-state index contributed by atoms with van der Waals surface area (Å²) in [4.78, 5) is 2.19. The number of hydrogen-bond acceptors (Lipinski definition) is 4. The fraction of sp³-hybridized carbons (Fsp3) is 1.00. The molecule has 1 saturated heterocycles. The topological polar surface area (TPSA) is 52.7 Å². The monoisotopic (exact) mass is 277 g/mol. The van der Waals surface area contributed by atoms with Crippen LogP contribution in [0, 0.1) is 0 Å². The van der Waals surface area contributed by atoms with Gasteiger partial charge in [-0.05, 0) is 40.4 Å². The van der Waals surface area contributed by atoms with E-state index in [1.54, 1.807) is 11.2 Å². The summed E-state index contributed by atoms with van der Waals surface area (Å²) in [6, 6.07) is 0.514. The zero-order chi connectivity index (χ0) is 13.8. The molecule has 1 aliphatic heterocycles. The summed E-state index contributed by atoms with van der Waals surface area (Å²) in [5.74, 6) is 0. The summed E-state index contributed by atoms with van der Waals surface area (Å²) in [5.41, 5.74) is 0. The Hall–Kier alpha value is -0.170. The molecule has 0 radical (unpaired) electrons. The van der Waals surface area contributed by atoms with Crippen molar-refractivity contribution in [2.45, 2.75) is 38.0 Å². The molecule has 0 aromatic carbocycles. The van der Waals surface area contributed by atoms with Gasteiger partial charge in [-0.15, -0.1) is 0 Å². The highest BCUT2D eigenvalue weighted by Gasteiger charge is 2.32. The number of piperidine rings is 1. The van der Waals surface area contributed by atoms with Crippen LogP contribution in [-0.2, 0) is 10.0 Å². The van der Waals surface area contributed by atoms with Crippen LogP contribution in [0.25, 0.3) is 0 Å². The van der Waals surface area contributed by atoms with Crippen LogP contribution in [0.4, 0.5) is 0 Å². The zero-order valence-electron chi connectivity index (χ0n) is 12.0. The average molecular weight is 277 g/mol. The molecule has 0 aromatic heterocycles. The van der Waals surface area contributed by atoms with Gasteiger partial charge in [-0.1, -0.05) is 6.92 Å². The molecule has 0 bridgehead atoms. The van der Waals surface area contributed by atoms with Crippen molar-refractivity contribution >= 4 is 10.0 Å². The summed E-state index contributed by atoms with van der Waals surface area (Å²) >= 11 is 0. The first-order valence-corrected chi connectivity index (χ1v) is 8.26. The summed E-state index contributed by atoms with van der Waals surface area (Å²) in [7, 11) is 0.985. The molecule has 1 atom stereocenters. The van der Waals surface area contributed by atoms with Gasteiger partial charge in [-0.25, -0.2) is 12.7 Å². The molecule has 0 spiro atoms. The van der Waals surface area contributed by atoms with Crippen molar-refractivity contribution in [3.8, 4) is 0 Å². The third kappa shape index (κ3) is 3.91. The summed E-state index contributed by atoms with van der Waals surface area (Å²) in [6.07, 6.45) is 1.86. The van der Waals surface area contributed by atoms with E-state index in [1.807, 2.05) is 6.92 Å². The number of nitrogens with zero attached hydrogens (tertiary/aromatic N) is 2. The van der Waals surface area contributed by atoms with E-state index >= 15 is 0 Å². The van der Waals surface area contributed by atoms with E-state index in [2.05, 4.69) is 24.3 Å². The lowest BCUT2D eigenvalue weighted by Gasteiger charge is -2.35. The van der Waals surface area contributed by atoms with Crippen LogP contribution in [0.2, 0.25) is 0 Å². The normalized spacial score (nSPS) is 21.4. The van der Waals surface area contributed by atoms with E-state index in [-0.39, 0.29) is 5.25 Å². The summed E-state index contributed by atoms with van der Waals surface area (Å²) in [6.45, 7) is 6.43. The third-order valence-corrected chi connectivity index (χ3v) is 5.97. The molecule has 1 N–H and O–H groups in total. The quantitative estimate of drug-likeness (QED) is 0.761. The van der Waals surface area contributed by atoms with Gasteiger partial charge in [-0.3, -0.25) is 0 Å². The van der Waals surface area contributed by atoms with Gasteiger partial charge < -0.3 is 10.2 Å². The molecule has 5 nitrogen and oxygen atoms in total. The van der Waals surface area contributed by atoms with Crippen molar-refractivity contribution < 1.29 is 8.42 Å². The molecule has 0 saturated carbocycles. The SMILES string of the molecule is CCNCC(C)S(=O)(=O)N1CCC(N(C)C)CC1.